The average molecular weight is 677 g/mol. The van der Waals surface area contributed by atoms with Crippen LogP contribution in [0.4, 0.5) is 0 Å². The van der Waals surface area contributed by atoms with E-state index in [9.17, 15) is 14.4 Å². The number of carbonyl (C=O) groups excluding carboxylic acids is 3. The minimum absolute atomic E-state index is 0. The molecule has 0 spiro atoms. The number of nitrogens with zero attached hydrogens (tertiary/aromatic N) is 2. The zero-order valence-electron chi connectivity index (χ0n) is 30.3. The monoisotopic (exact) mass is 677 g/mol. The minimum Gasteiger partial charge on any atom is -1.00 e. The number of ether oxygens (including phenoxy) is 2. The number of carbonyl (C=O) groups is 3. The molecule has 0 aliphatic carbocycles. The van der Waals surface area contributed by atoms with E-state index in [4.69, 9.17) is 9.47 Å². The Morgan fingerprint density at radius 2 is 0.783 bits per heavy atom. The summed E-state index contributed by atoms with van der Waals surface area (Å²) in [4.78, 5) is 39.0. The molecule has 276 valence electrons. The number of halogens is 1. The number of amides is 1. The van der Waals surface area contributed by atoms with Gasteiger partial charge in [0.05, 0.1) is 34.2 Å². The van der Waals surface area contributed by atoms with Crippen molar-refractivity contribution in [1.82, 2.24) is 4.90 Å². The van der Waals surface area contributed by atoms with Crippen molar-refractivity contribution in [2.45, 2.75) is 175 Å². The zero-order valence-corrected chi connectivity index (χ0v) is 31.1. The Morgan fingerprint density at radius 1 is 0.500 bits per heavy atom. The molecule has 0 aliphatic rings. The molecule has 0 aromatic rings. The van der Waals surface area contributed by atoms with Gasteiger partial charge < -0.3 is 31.3 Å². The number of quaternary nitrogens is 1. The van der Waals surface area contributed by atoms with E-state index in [1.807, 2.05) is 21.1 Å². The summed E-state index contributed by atoms with van der Waals surface area (Å²) in [6.45, 7) is 5.82. The van der Waals surface area contributed by atoms with Crippen molar-refractivity contribution in [2.24, 2.45) is 0 Å². The van der Waals surface area contributed by atoms with Gasteiger partial charge in [0.25, 0.3) is 5.91 Å². The Balaban J connectivity index is -0.00000924. The van der Waals surface area contributed by atoms with Gasteiger partial charge in [0.2, 0.25) is 0 Å². The molecule has 0 bridgehead atoms. The summed E-state index contributed by atoms with van der Waals surface area (Å²) in [5.74, 6) is -0.419. The fourth-order valence-electron chi connectivity index (χ4n) is 5.42. The van der Waals surface area contributed by atoms with Gasteiger partial charge in [0, 0.05) is 12.8 Å². The third-order valence-corrected chi connectivity index (χ3v) is 8.18. The second kappa shape index (κ2) is 35.0. The molecule has 0 heterocycles. The molecule has 0 aromatic heterocycles. The molecule has 0 rings (SSSR count). The highest BCUT2D eigenvalue weighted by Crippen LogP contribution is 2.13. The van der Waals surface area contributed by atoms with Crippen molar-refractivity contribution in [2.75, 3.05) is 54.0 Å². The van der Waals surface area contributed by atoms with Crippen LogP contribution in [0.3, 0.4) is 0 Å². The number of likely N-dealkylation sites (N-methyl/N-ethyl adjacent to an activating group) is 1. The fraction of sp³-hybridized carbons (Fsp3) is 0.921. The van der Waals surface area contributed by atoms with E-state index >= 15 is 0 Å². The van der Waals surface area contributed by atoms with Crippen molar-refractivity contribution >= 4 is 17.8 Å². The molecule has 0 saturated carbocycles. The largest absolute Gasteiger partial charge is 1.00 e. The van der Waals surface area contributed by atoms with Crippen molar-refractivity contribution in [3.63, 3.8) is 0 Å². The molecule has 0 saturated heterocycles. The minimum atomic E-state index is -0.196. The van der Waals surface area contributed by atoms with Crippen LogP contribution < -0.4 is 12.4 Å². The van der Waals surface area contributed by atoms with Gasteiger partial charge in [0.15, 0.2) is 6.54 Å². The van der Waals surface area contributed by atoms with Crippen molar-refractivity contribution in [3.05, 3.63) is 0 Å². The van der Waals surface area contributed by atoms with E-state index < -0.39 is 0 Å². The van der Waals surface area contributed by atoms with Gasteiger partial charge in [-0.1, -0.05) is 150 Å². The first-order valence-electron chi connectivity index (χ1n) is 18.6. The lowest BCUT2D eigenvalue weighted by atomic mass is 10.1. The topological polar surface area (TPSA) is 72.9 Å². The molecule has 8 heteroatoms. The summed E-state index contributed by atoms with van der Waals surface area (Å²) in [5.41, 5.74) is 0. The maximum absolute atomic E-state index is 12.9. The van der Waals surface area contributed by atoms with E-state index in [0.29, 0.717) is 37.0 Å². The summed E-state index contributed by atoms with van der Waals surface area (Å²) in [7, 11) is 5.91. The number of hydrogen-bond acceptors (Lipinski definition) is 5. The van der Waals surface area contributed by atoms with Crippen molar-refractivity contribution in [1.29, 1.82) is 0 Å². The standard InChI is InChI=1S/C37H73N2O5.CH4.ClH/c1-6-8-10-12-14-16-18-20-22-24-26-28-36(41)43-32-30-38(35(40)34-39(3,4)5)31-33-44-37(42)29-27-25-23-21-19-17-15-13-11-9-7-2;;/h6-34H2,1-5H3;1H4;1H/q+1;;/p-1. The molecule has 0 radical (unpaired) electrons. The molecule has 0 atom stereocenters. The van der Waals surface area contributed by atoms with Crippen LogP contribution in [-0.2, 0) is 23.9 Å². The Hall–Kier alpha value is -1.34. The highest BCUT2D eigenvalue weighted by atomic mass is 35.5. The fourth-order valence-corrected chi connectivity index (χ4v) is 5.42. The van der Waals surface area contributed by atoms with Crippen LogP contribution in [0.15, 0.2) is 0 Å². The first-order chi connectivity index (χ1) is 21.2. The molecule has 1 amide bonds. The van der Waals surface area contributed by atoms with Gasteiger partial charge in [-0.3, -0.25) is 14.4 Å². The second-order valence-electron chi connectivity index (χ2n) is 13.8. The van der Waals surface area contributed by atoms with Crippen LogP contribution in [0.25, 0.3) is 0 Å². The Morgan fingerprint density at radius 3 is 1.07 bits per heavy atom. The first kappa shape index (κ1) is 49.1. The van der Waals surface area contributed by atoms with Crippen molar-refractivity contribution < 1.29 is 40.7 Å². The van der Waals surface area contributed by atoms with Gasteiger partial charge in [-0.2, -0.15) is 0 Å². The lowest BCUT2D eigenvalue weighted by Gasteiger charge is -2.28. The molecular formula is C38H77ClN2O5. The Kier molecular flexibility index (Phi) is 37.3. The first-order valence-corrected chi connectivity index (χ1v) is 18.6. The quantitative estimate of drug-likeness (QED) is 0.0453. The van der Waals surface area contributed by atoms with Crippen LogP contribution in [0.5, 0.6) is 0 Å². The molecule has 0 unspecified atom stereocenters. The number of unbranched alkanes of at least 4 members (excludes halogenated alkanes) is 20. The highest BCUT2D eigenvalue weighted by molar-refractivity contribution is 5.77. The van der Waals surface area contributed by atoms with Gasteiger partial charge in [-0.15, -0.1) is 0 Å². The molecule has 0 aliphatic heterocycles. The molecule has 0 fully saturated rings. The molecule has 0 aromatic carbocycles. The summed E-state index contributed by atoms with van der Waals surface area (Å²) in [6, 6.07) is 0. The maximum atomic E-state index is 12.9. The summed E-state index contributed by atoms with van der Waals surface area (Å²) >= 11 is 0. The predicted octanol–water partition coefficient (Wildman–Crippen LogP) is 6.65. The number of hydrogen-bond donors (Lipinski definition) is 0. The zero-order chi connectivity index (χ0) is 32.7. The molecule has 0 N–H and O–H groups in total. The lowest BCUT2D eigenvalue weighted by molar-refractivity contribution is -0.862. The van der Waals surface area contributed by atoms with Crippen LogP contribution in [0, 0.1) is 0 Å². The smallest absolute Gasteiger partial charge is 0.305 e. The second-order valence-corrected chi connectivity index (χ2v) is 13.8. The molecule has 46 heavy (non-hydrogen) atoms. The average Bonchev–Trinajstić information content (AvgIpc) is 2.97. The third-order valence-electron chi connectivity index (χ3n) is 8.18. The SMILES string of the molecule is C.CCCCCCCCCCCCCC(=O)OCCN(CCOC(=O)CCCCCCCCCCCCC)C(=O)C[N+](C)(C)C.[Cl-]. The van der Waals surface area contributed by atoms with Crippen LogP contribution in [0.1, 0.15) is 175 Å². The van der Waals surface area contributed by atoms with E-state index in [0.717, 1.165) is 25.7 Å². The van der Waals surface area contributed by atoms with Crippen LogP contribution in [-0.4, -0.2) is 81.2 Å². The van der Waals surface area contributed by atoms with Gasteiger partial charge in [-0.05, 0) is 12.8 Å². The highest BCUT2D eigenvalue weighted by Gasteiger charge is 2.21. The van der Waals surface area contributed by atoms with Gasteiger partial charge in [0.1, 0.15) is 13.2 Å². The normalized spacial score (nSPS) is 11.0. The van der Waals surface area contributed by atoms with E-state index in [2.05, 4.69) is 13.8 Å². The molecule has 7 nitrogen and oxygen atoms in total. The van der Waals surface area contributed by atoms with Crippen LogP contribution in [0.2, 0.25) is 0 Å². The van der Waals surface area contributed by atoms with Gasteiger partial charge >= 0.3 is 11.9 Å². The maximum Gasteiger partial charge on any atom is 0.305 e. The predicted molar refractivity (Wildman–Crippen MR) is 190 cm³/mol. The van der Waals surface area contributed by atoms with E-state index in [1.54, 1.807) is 4.90 Å². The molecular weight excluding hydrogens is 600 g/mol. The van der Waals surface area contributed by atoms with Crippen LogP contribution >= 0.6 is 0 Å². The third kappa shape index (κ3) is 35.5. The lowest BCUT2D eigenvalue weighted by Crippen LogP contribution is -3.00. The summed E-state index contributed by atoms with van der Waals surface area (Å²) in [6.07, 6.45) is 28.2. The Labute approximate surface area is 292 Å². The number of rotatable bonds is 32. The van der Waals surface area contributed by atoms with E-state index in [-0.39, 0.29) is 50.9 Å². The summed E-state index contributed by atoms with van der Waals surface area (Å²) in [5, 5.41) is 0. The summed E-state index contributed by atoms with van der Waals surface area (Å²) < 4.78 is 11.4. The Bertz CT molecular complexity index is 655. The van der Waals surface area contributed by atoms with Gasteiger partial charge in [-0.25, -0.2) is 0 Å². The van der Waals surface area contributed by atoms with E-state index in [1.165, 1.54) is 116 Å². The number of esters is 2. The van der Waals surface area contributed by atoms with Crippen molar-refractivity contribution in [3.8, 4) is 0 Å².